The van der Waals surface area contributed by atoms with Crippen LogP contribution < -0.4 is 24.8 Å². The van der Waals surface area contributed by atoms with E-state index in [0.717, 1.165) is 19.3 Å². The van der Waals surface area contributed by atoms with Crippen LogP contribution in [0.25, 0.3) is 21.5 Å². The van der Waals surface area contributed by atoms with Crippen LogP contribution in [0.15, 0.2) is 121 Å². The molecule has 0 heterocycles. The van der Waals surface area contributed by atoms with E-state index in [2.05, 4.69) is 149 Å². The number of benzene rings is 4. The molecule has 0 bridgehead atoms. The molecule has 0 aromatic heterocycles. The Morgan fingerprint density at radius 1 is 0.667 bits per heavy atom. The van der Waals surface area contributed by atoms with Crippen LogP contribution in [0.3, 0.4) is 0 Å². The van der Waals surface area contributed by atoms with Gasteiger partial charge in [-0.25, -0.2) is 11.6 Å². The maximum atomic E-state index is 3.40. The topological polar surface area (TPSA) is 0 Å². The van der Waals surface area contributed by atoms with Crippen LogP contribution in [0, 0.1) is 12.0 Å². The molecular weight excluding hydrogens is 631 g/mol. The van der Waals surface area contributed by atoms with E-state index in [-0.39, 0.29) is 24.8 Å². The molecule has 6 rings (SSSR count). The number of fused-ring (bicyclic) bond motifs is 3. The van der Waals surface area contributed by atoms with E-state index in [0.29, 0.717) is 5.92 Å². The van der Waals surface area contributed by atoms with Crippen LogP contribution in [0.5, 0.6) is 0 Å². The Labute approximate surface area is 280 Å². The van der Waals surface area contributed by atoms with Crippen LogP contribution in [0.2, 0.25) is 0 Å². The molecular formula is C39H40Cl2Zr-2. The van der Waals surface area contributed by atoms with Gasteiger partial charge in [0.25, 0.3) is 0 Å². The van der Waals surface area contributed by atoms with Crippen molar-refractivity contribution >= 4 is 24.8 Å². The normalized spacial score (nSPS) is 13.2. The zero-order valence-corrected chi connectivity index (χ0v) is 29.1. The van der Waals surface area contributed by atoms with Gasteiger partial charge in [0.05, 0.1) is 0 Å². The Hall–Kier alpha value is -2.44. The molecule has 1 aliphatic rings. The van der Waals surface area contributed by atoms with Crippen molar-refractivity contribution < 1.29 is 49.0 Å². The third-order valence-electron chi connectivity index (χ3n) is 7.50. The number of aryl methyl sites for hydroxylation is 2. The van der Waals surface area contributed by atoms with E-state index in [9.17, 15) is 0 Å². The molecule has 0 spiro atoms. The van der Waals surface area contributed by atoms with Gasteiger partial charge in [-0.05, 0) is 12.8 Å². The number of halogens is 2. The van der Waals surface area contributed by atoms with Crippen molar-refractivity contribution in [1.82, 2.24) is 0 Å². The van der Waals surface area contributed by atoms with Gasteiger partial charge in [-0.15, -0.1) is 39.7 Å². The first-order valence-corrected chi connectivity index (χ1v) is 15.9. The van der Waals surface area contributed by atoms with Crippen molar-refractivity contribution in [2.24, 2.45) is 5.92 Å². The summed E-state index contributed by atoms with van der Waals surface area (Å²) in [7, 11) is 0. The molecule has 42 heavy (non-hydrogen) atoms. The van der Waals surface area contributed by atoms with Crippen LogP contribution in [0.1, 0.15) is 62.8 Å². The molecule has 1 atom stereocenters. The van der Waals surface area contributed by atoms with Gasteiger partial charge >= 0.3 is 99.2 Å². The van der Waals surface area contributed by atoms with Gasteiger partial charge in [0.1, 0.15) is 0 Å². The Bertz CT molecular complexity index is 1490. The fourth-order valence-corrected chi connectivity index (χ4v) is 5.78. The zero-order valence-electron chi connectivity index (χ0n) is 25.1. The standard InChI is InChI=1S/C17H17.C13H10.C9H13.2ClH.Zr/c1-3-12-5-7-16-14(9-12)11-15-10-13(4-2)6-8-17(15)16;1-3-7-12(8-4-1)11-13-9-5-2-6-10-13;1-3-8-5-6-9(4-2)7-8;;;/h5-11H,3-4H2,1-2H3;1-10H;5-6,8H,3-4H2,1-2H3;2*1H;/q-1;;-1;;;+2/p-2. The van der Waals surface area contributed by atoms with Crippen molar-refractivity contribution in [2.45, 2.75) is 53.4 Å². The Morgan fingerprint density at radius 3 is 1.50 bits per heavy atom. The molecule has 5 aromatic rings. The van der Waals surface area contributed by atoms with Gasteiger partial charge in [-0.3, -0.25) is 6.08 Å². The number of hydrogen-bond acceptors (Lipinski definition) is 0. The first-order chi connectivity index (χ1) is 19.6. The number of allylic oxidation sites excluding steroid dienone is 4. The molecule has 0 saturated heterocycles. The predicted molar refractivity (Wildman–Crippen MR) is 172 cm³/mol. The quantitative estimate of drug-likeness (QED) is 0.236. The molecule has 0 radical (unpaired) electrons. The summed E-state index contributed by atoms with van der Waals surface area (Å²) in [5.41, 5.74) is 6.88. The fourth-order valence-electron chi connectivity index (χ4n) is 4.96. The van der Waals surface area contributed by atoms with E-state index >= 15 is 0 Å². The van der Waals surface area contributed by atoms with Crippen molar-refractivity contribution in [3.63, 3.8) is 0 Å². The van der Waals surface area contributed by atoms with Gasteiger partial charge in [-0.1, -0.05) is 81.8 Å². The van der Waals surface area contributed by atoms with Gasteiger partial charge in [0.2, 0.25) is 0 Å². The minimum absolute atomic E-state index is 0. The summed E-state index contributed by atoms with van der Waals surface area (Å²) in [6.45, 7) is 8.78. The molecule has 0 N–H and O–H groups in total. The third-order valence-corrected chi connectivity index (χ3v) is 8.91. The molecule has 1 unspecified atom stereocenters. The Kier molecular flexibility index (Phi) is 15.6. The molecule has 0 amide bonds. The molecule has 216 valence electrons. The molecule has 0 saturated carbocycles. The second-order valence-corrected chi connectivity index (χ2v) is 11.4. The summed E-state index contributed by atoms with van der Waals surface area (Å²) in [5.74, 6) is 0.611. The van der Waals surface area contributed by atoms with Crippen molar-refractivity contribution in [3.8, 4) is 0 Å². The fraction of sp³-hybridized carbons (Fsp3) is 0.231. The third kappa shape index (κ3) is 9.54. The number of rotatable bonds is 6. The molecule has 1 aliphatic carbocycles. The van der Waals surface area contributed by atoms with Crippen molar-refractivity contribution in [2.75, 3.05) is 0 Å². The SMILES string of the molecule is CCC1=[C-]C(CC)C=C1.CCc1ccc2c(c1)[cH-]c1cc(CC)ccc12.[Cl-].[Cl-].[Zr+2]=[C](c1ccccc1)c1ccccc1. The summed E-state index contributed by atoms with van der Waals surface area (Å²) in [4.78, 5) is 0. The van der Waals surface area contributed by atoms with Gasteiger partial charge < -0.3 is 24.8 Å². The van der Waals surface area contributed by atoms with Crippen LogP contribution >= 0.6 is 0 Å². The zero-order chi connectivity index (χ0) is 28.3. The van der Waals surface area contributed by atoms with E-state index in [4.69, 9.17) is 0 Å². The Balaban J connectivity index is 0.000000225. The molecule has 5 aromatic carbocycles. The first kappa shape index (κ1) is 35.8. The van der Waals surface area contributed by atoms with E-state index in [1.54, 1.807) is 0 Å². The molecule has 0 aliphatic heterocycles. The molecule has 0 nitrogen and oxygen atoms in total. The van der Waals surface area contributed by atoms with E-state index in [1.165, 1.54) is 83.2 Å². The molecule has 0 fully saturated rings. The summed E-state index contributed by atoms with van der Waals surface area (Å²) in [5, 5.41) is 5.54. The predicted octanol–water partition coefficient (Wildman–Crippen LogP) is 4.37. The minimum atomic E-state index is 0. The van der Waals surface area contributed by atoms with Crippen molar-refractivity contribution in [1.29, 1.82) is 0 Å². The monoisotopic (exact) mass is 668 g/mol. The van der Waals surface area contributed by atoms with E-state index < -0.39 is 0 Å². The second-order valence-electron chi connectivity index (χ2n) is 10.2. The summed E-state index contributed by atoms with van der Waals surface area (Å²) < 4.78 is 1.42. The average Bonchev–Trinajstić information content (AvgIpc) is 3.65. The second kappa shape index (κ2) is 18.3. The summed E-state index contributed by atoms with van der Waals surface area (Å²) >= 11 is 1.46. The van der Waals surface area contributed by atoms with Gasteiger partial charge in [0, 0.05) is 0 Å². The average molecular weight is 671 g/mol. The first-order valence-electron chi connectivity index (χ1n) is 14.7. The van der Waals surface area contributed by atoms with Crippen LogP contribution in [-0.2, 0) is 37.1 Å². The van der Waals surface area contributed by atoms with Gasteiger partial charge in [0.15, 0.2) is 0 Å². The summed E-state index contributed by atoms with van der Waals surface area (Å²) in [6, 6.07) is 37.1. The van der Waals surface area contributed by atoms with Crippen LogP contribution in [-0.4, -0.2) is 3.21 Å². The number of hydrogen-bond donors (Lipinski definition) is 0. The van der Waals surface area contributed by atoms with Crippen LogP contribution in [0.4, 0.5) is 0 Å². The van der Waals surface area contributed by atoms with Crippen molar-refractivity contribution in [3.05, 3.63) is 149 Å². The molecule has 3 heteroatoms. The van der Waals surface area contributed by atoms with E-state index in [1.807, 2.05) is 0 Å². The van der Waals surface area contributed by atoms with Gasteiger partial charge in [-0.2, -0.15) is 6.08 Å². The summed E-state index contributed by atoms with van der Waals surface area (Å²) in [6.07, 6.45) is 12.4. The Morgan fingerprint density at radius 2 is 1.14 bits per heavy atom. The maximum absolute atomic E-state index is 3.40.